The van der Waals surface area contributed by atoms with E-state index in [-0.39, 0.29) is 10.6 Å². The van der Waals surface area contributed by atoms with Crippen molar-refractivity contribution in [2.24, 2.45) is 0 Å². The lowest BCUT2D eigenvalue weighted by Crippen LogP contribution is -1.99. The Morgan fingerprint density at radius 3 is 2.55 bits per heavy atom. The second-order valence-corrected chi connectivity index (χ2v) is 5.86. The van der Waals surface area contributed by atoms with E-state index >= 15 is 0 Å². The third kappa shape index (κ3) is 3.24. The normalized spacial score (nSPS) is 11.7. The second kappa shape index (κ2) is 5.88. The average molecular weight is 292 g/mol. The van der Waals surface area contributed by atoms with E-state index in [4.69, 9.17) is 4.74 Å². The number of hydrogen-bond acceptors (Lipinski definition) is 3. The van der Waals surface area contributed by atoms with Gasteiger partial charge in [0.05, 0.1) is 7.11 Å². The first-order chi connectivity index (χ1) is 9.53. The Morgan fingerprint density at radius 1 is 1.10 bits per heavy atom. The molecule has 0 atom stereocenters. The largest absolute Gasteiger partial charge is 0.495 e. The van der Waals surface area contributed by atoms with Crippen LogP contribution in [0.1, 0.15) is 5.56 Å². The number of halogens is 1. The number of para-hydroxylation sites is 1. The summed E-state index contributed by atoms with van der Waals surface area (Å²) in [6.45, 7) is 0. The highest BCUT2D eigenvalue weighted by atomic mass is 32.2. The van der Waals surface area contributed by atoms with Gasteiger partial charge in [0.1, 0.15) is 16.5 Å². The molecule has 0 saturated heterocycles. The molecule has 0 amide bonds. The summed E-state index contributed by atoms with van der Waals surface area (Å²) in [6.07, 6.45) is 1.35. The first-order valence-electron chi connectivity index (χ1n) is 5.85. The molecule has 2 aromatic rings. The summed E-state index contributed by atoms with van der Waals surface area (Å²) in [7, 11) is -2.23. The zero-order valence-electron chi connectivity index (χ0n) is 10.8. The van der Waals surface area contributed by atoms with Crippen molar-refractivity contribution in [3.8, 4) is 5.75 Å². The van der Waals surface area contributed by atoms with Crippen LogP contribution in [0.3, 0.4) is 0 Å². The minimum Gasteiger partial charge on any atom is -0.495 e. The van der Waals surface area contributed by atoms with Crippen LogP contribution in [0, 0.1) is 5.82 Å². The SMILES string of the molecule is COc1ccccc1S(=O)(=O)/C=C/c1cccc(F)c1. The molecule has 0 unspecified atom stereocenters. The van der Waals surface area contributed by atoms with Crippen LogP contribution < -0.4 is 4.74 Å². The number of hydrogen-bond donors (Lipinski definition) is 0. The first kappa shape index (κ1) is 14.3. The average Bonchev–Trinajstić information content (AvgIpc) is 2.45. The van der Waals surface area contributed by atoms with E-state index in [1.165, 1.54) is 37.5 Å². The van der Waals surface area contributed by atoms with Crippen LogP contribution in [0.15, 0.2) is 58.8 Å². The van der Waals surface area contributed by atoms with E-state index in [0.717, 1.165) is 5.41 Å². The van der Waals surface area contributed by atoms with Crippen LogP contribution in [0.5, 0.6) is 5.75 Å². The maximum atomic E-state index is 13.0. The molecule has 2 aromatic carbocycles. The van der Waals surface area contributed by atoms with Crippen LogP contribution in [-0.4, -0.2) is 15.5 Å². The van der Waals surface area contributed by atoms with Crippen LogP contribution in [0.2, 0.25) is 0 Å². The maximum Gasteiger partial charge on any atom is 0.203 e. The minimum atomic E-state index is -3.64. The predicted octanol–water partition coefficient (Wildman–Crippen LogP) is 3.28. The molecule has 0 aromatic heterocycles. The third-order valence-electron chi connectivity index (χ3n) is 2.66. The summed E-state index contributed by atoms with van der Waals surface area (Å²) >= 11 is 0. The highest BCUT2D eigenvalue weighted by Crippen LogP contribution is 2.25. The van der Waals surface area contributed by atoms with Gasteiger partial charge in [-0.25, -0.2) is 12.8 Å². The Morgan fingerprint density at radius 2 is 1.85 bits per heavy atom. The Hall–Kier alpha value is -2.14. The van der Waals surface area contributed by atoms with Crippen molar-refractivity contribution in [2.45, 2.75) is 4.90 Å². The number of methoxy groups -OCH3 is 1. The molecule has 3 nitrogen and oxygen atoms in total. The van der Waals surface area contributed by atoms with Crippen LogP contribution in [-0.2, 0) is 9.84 Å². The van der Waals surface area contributed by atoms with E-state index < -0.39 is 15.7 Å². The summed E-state index contributed by atoms with van der Waals surface area (Å²) in [5, 5.41) is 1.04. The molecule has 0 aliphatic heterocycles. The van der Waals surface area contributed by atoms with E-state index in [9.17, 15) is 12.8 Å². The summed E-state index contributed by atoms with van der Waals surface area (Å²) < 4.78 is 42.5. The maximum absolute atomic E-state index is 13.0. The molecule has 0 heterocycles. The fourth-order valence-electron chi connectivity index (χ4n) is 1.71. The van der Waals surface area contributed by atoms with Crippen LogP contribution in [0.4, 0.5) is 4.39 Å². The van der Waals surface area contributed by atoms with Crippen molar-refractivity contribution < 1.29 is 17.5 Å². The van der Waals surface area contributed by atoms with Gasteiger partial charge in [0.25, 0.3) is 0 Å². The smallest absolute Gasteiger partial charge is 0.203 e. The molecule has 0 spiro atoms. The van der Waals surface area contributed by atoms with Crippen molar-refractivity contribution in [2.75, 3.05) is 7.11 Å². The molecule has 0 aliphatic carbocycles. The Balaban J connectivity index is 2.36. The van der Waals surface area contributed by atoms with E-state index in [1.54, 1.807) is 24.3 Å². The van der Waals surface area contributed by atoms with Gasteiger partial charge >= 0.3 is 0 Å². The van der Waals surface area contributed by atoms with Gasteiger partial charge < -0.3 is 4.74 Å². The summed E-state index contributed by atoms with van der Waals surface area (Å²) in [5.41, 5.74) is 0.475. The molecule has 20 heavy (non-hydrogen) atoms. The van der Waals surface area contributed by atoms with E-state index in [1.807, 2.05) is 0 Å². The fraction of sp³-hybridized carbons (Fsp3) is 0.0667. The van der Waals surface area contributed by atoms with Gasteiger partial charge in [0.2, 0.25) is 9.84 Å². The highest BCUT2D eigenvalue weighted by molar-refractivity contribution is 7.94. The van der Waals surface area contributed by atoms with Gasteiger partial charge in [-0.3, -0.25) is 0 Å². The number of benzene rings is 2. The summed E-state index contributed by atoms with van der Waals surface area (Å²) in [4.78, 5) is 0.0788. The van der Waals surface area contributed by atoms with Crippen molar-refractivity contribution in [1.82, 2.24) is 0 Å². The zero-order valence-corrected chi connectivity index (χ0v) is 11.6. The van der Waals surface area contributed by atoms with Gasteiger partial charge in [-0.05, 0) is 35.9 Å². The molecule has 0 saturated carbocycles. The minimum absolute atomic E-state index is 0.0788. The summed E-state index contributed by atoms with van der Waals surface area (Å²) in [6, 6.07) is 12.0. The monoisotopic (exact) mass is 292 g/mol. The standard InChI is InChI=1S/C15H13FO3S/c1-19-14-7-2-3-8-15(14)20(17,18)10-9-12-5-4-6-13(16)11-12/h2-11H,1H3/b10-9+. The lowest BCUT2D eigenvalue weighted by Gasteiger charge is -2.06. The molecule has 0 fully saturated rings. The molecule has 104 valence electrons. The lowest BCUT2D eigenvalue weighted by atomic mass is 10.2. The molecular weight excluding hydrogens is 279 g/mol. The van der Waals surface area contributed by atoms with Gasteiger partial charge in [-0.15, -0.1) is 0 Å². The molecule has 0 N–H and O–H groups in total. The van der Waals surface area contributed by atoms with Crippen molar-refractivity contribution in [1.29, 1.82) is 0 Å². The van der Waals surface area contributed by atoms with Gasteiger partial charge in [-0.2, -0.15) is 0 Å². The molecule has 5 heteroatoms. The van der Waals surface area contributed by atoms with Crippen LogP contribution >= 0.6 is 0 Å². The van der Waals surface area contributed by atoms with Crippen molar-refractivity contribution in [3.05, 3.63) is 65.3 Å². The topological polar surface area (TPSA) is 43.4 Å². The number of ether oxygens (including phenoxy) is 1. The molecule has 0 bridgehead atoms. The van der Waals surface area contributed by atoms with Gasteiger partial charge in [0, 0.05) is 5.41 Å². The van der Waals surface area contributed by atoms with E-state index in [0.29, 0.717) is 5.56 Å². The van der Waals surface area contributed by atoms with Crippen molar-refractivity contribution in [3.63, 3.8) is 0 Å². The molecule has 2 rings (SSSR count). The highest BCUT2D eigenvalue weighted by Gasteiger charge is 2.15. The Bertz CT molecular complexity index is 736. The number of sulfone groups is 1. The van der Waals surface area contributed by atoms with Gasteiger partial charge in [-0.1, -0.05) is 24.3 Å². The van der Waals surface area contributed by atoms with E-state index in [2.05, 4.69) is 0 Å². The van der Waals surface area contributed by atoms with Crippen LogP contribution in [0.25, 0.3) is 6.08 Å². The number of rotatable bonds is 4. The zero-order chi connectivity index (χ0) is 14.6. The fourth-order valence-corrected chi connectivity index (χ4v) is 2.89. The Kier molecular flexibility index (Phi) is 4.20. The quantitative estimate of drug-likeness (QED) is 0.868. The second-order valence-electron chi connectivity index (χ2n) is 4.05. The van der Waals surface area contributed by atoms with Crippen molar-refractivity contribution >= 4 is 15.9 Å². The molecule has 0 aliphatic rings. The predicted molar refractivity (Wildman–Crippen MR) is 75.6 cm³/mol. The summed E-state index contributed by atoms with van der Waals surface area (Å²) in [5.74, 6) is -0.141. The molecule has 0 radical (unpaired) electrons. The first-order valence-corrected chi connectivity index (χ1v) is 7.39. The van der Waals surface area contributed by atoms with Gasteiger partial charge in [0.15, 0.2) is 0 Å². The Labute approximate surface area is 117 Å². The third-order valence-corrected chi connectivity index (χ3v) is 4.11. The molecular formula is C15H13FO3S. The lowest BCUT2D eigenvalue weighted by molar-refractivity contribution is 0.403.